The quantitative estimate of drug-likeness (QED) is 0.835. The normalized spacial score (nSPS) is 16.9. The molecular formula is C15H23NO3S. The molecule has 1 aliphatic carbocycles. The van der Waals surface area contributed by atoms with E-state index in [-0.39, 0.29) is 24.9 Å². The van der Waals surface area contributed by atoms with Crippen LogP contribution in [0.5, 0.6) is 0 Å². The molecule has 1 aromatic rings. The predicted octanol–water partition coefficient (Wildman–Crippen LogP) is 1.80. The van der Waals surface area contributed by atoms with Gasteiger partial charge in [0.25, 0.3) is 0 Å². The molecule has 0 heterocycles. The van der Waals surface area contributed by atoms with Gasteiger partial charge in [0, 0.05) is 12.6 Å². The standard InChI is InChI=1S/C15H23NO3S/c17-12-11-16(15-8-4-5-9-15)20(18,19)13-10-14-6-2-1-3-7-14/h1-3,6-7,15,17H,4-5,8-13H2. The first-order valence-electron chi connectivity index (χ1n) is 7.28. The summed E-state index contributed by atoms with van der Waals surface area (Å²) in [6, 6.07) is 9.75. The van der Waals surface area contributed by atoms with E-state index in [4.69, 9.17) is 5.11 Å². The molecule has 1 aliphatic rings. The Morgan fingerprint density at radius 1 is 1.15 bits per heavy atom. The number of aryl methyl sites for hydroxylation is 1. The summed E-state index contributed by atoms with van der Waals surface area (Å²) < 4.78 is 26.5. The van der Waals surface area contributed by atoms with Gasteiger partial charge >= 0.3 is 0 Å². The number of aliphatic hydroxyl groups excluding tert-OH is 1. The molecule has 1 N–H and O–H groups in total. The van der Waals surface area contributed by atoms with E-state index < -0.39 is 10.0 Å². The predicted molar refractivity (Wildman–Crippen MR) is 80.0 cm³/mol. The number of hydrogen-bond donors (Lipinski definition) is 1. The van der Waals surface area contributed by atoms with Gasteiger partial charge in [-0.05, 0) is 24.8 Å². The van der Waals surface area contributed by atoms with Gasteiger partial charge in [0.05, 0.1) is 12.4 Å². The second-order valence-corrected chi connectivity index (χ2v) is 7.37. The summed E-state index contributed by atoms with van der Waals surface area (Å²) in [6.07, 6.45) is 4.54. The first-order chi connectivity index (χ1) is 9.63. The van der Waals surface area contributed by atoms with Gasteiger partial charge in [-0.2, -0.15) is 4.31 Å². The molecule has 0 atom stereocenters. The molecule has 5 heteroatoms. The fraction of sp³-hybridized carbons (Fsp3) is 0.600. The molecule has 20 heavy (non-hydrogen) atoms. The zero-order chi connectivity index (χ0) is 14.4. The van der Waals surface area contributed by atoms with Crippen molar-refractivity contribution >= 4 is 10.0 Å². The second-order valence-electron chi connectivity index (χ2n) is 5.32. The van der Waals surface area contributed by atoms with Crippen LogP contribution in [-0.2, 0) is 16.4 Å². The Morgan fingerprint density at radius 2 is 1.80 bits per heavy atom. The number of benzene rings is 1. The molecule has 4 nitrogen and oxygen atoms in total. The molecule has 0 aromatic heterocycles. The van der Waals surface area contributed by atoms with Crippen LogP contribution in [0.4, 0.5) is 0 Å². The minimum Gasteiger partial charge on any atom is -0.395 e. The van der Waals surface area contributed by atoms with Gasteiger partial charge in [-0.25, -0.2) is 8.42 Å². The van der Waals surface area contributed by atoms with Gasteiger partial charge in [-0.15, -0.1) is 0 Å². The zero-order valence-corrected chi connectivity index (χ0v) is 12.6. The van der Waals surface area contributed by atoms with Gasteiger partial charge in [-0.3, -0.25) is 0 Å². The largest absolute Gasteiger partial charge is 0.395 e. The van der Waals surface area contributed by atoms with Gasteiger partial charge in [0.1, 0.15) is 0 Å². The molecule has 0 radical (unpaired) electrons. The average molecular weight is 297 g/mol. The van der Waals surface area contributed by atoms with E-state index in [1.54, 1.807) is 0 Å². The maximum absolute atomic E-state index is 12.5. The summed E-state index contributed by atoms with van der Waals surface area (Å²) in [5, 5.41) is 9.14. The van der Waals surface area contributed by atoms with Crippen molar-refractivity contribution in [2.45, 2.75) is 38.1 Å². The van der Waals surface area contributed by atoms with Crippen molar-refractivity contribution < 1.29 is 13.5 Å². The molecule has 0 aliphatic heterocycles. The highest BCUT2D eigenvalue weighted by atomic mass is 32.2. The van der Waals surface area contributed by atoms with Gasteiger partial charge in [0.15, 0.2) is 0 Å². The third kappa shape index (κ3) is 4.04. The maximum atomic E-state index is 12.5. The summed E-state index contributed by atoms with van der Waals surface area (Å²) >= 11 is 0. The first-order valence-corrected chi connectivity index (χ1v) is 8.89. The fourth-order valence-corrected chi connectivity index (χ4v) is 4.60. The Kier molecular flexibility index (Phi) is 5.57. The molecular weight excluding hydrogens is 274 g/mol. The zero-order valence-electron chi connectivity index (χ0n) is 11.7. The lowest BCUT2D eigenvalue weighted by Crippen LogP contribution is -2.42. The number of rotatable bonds is 7. The van der Waals surface area contributed by atoms with E-state index in [9.17, 15) is 8.42 Å². The van der Waals surface area contributed by atoms with E-state index >= 15 is 0 Å². The molecule has 2 rings (SSSR count). The summed E-state index contributed by atoms with van der Waals surface area (Å²) in [6.45, 7) is 0.114. The Balaban J connectivity index is 2.02. The van der Waals surface area contributed by atoms with E-state index in [0.717, 1.165) is 31.2 Å². The molecule has 1 saturated carbocycles. The van der Waals surface area contributed by atoms with Crippen molar-refractivity contribution in [1.82, 2.24) is 4.31 Å². The lowest BCUT2D eigenvalue weighted by atomic mass is 10.2. The third-order valence-corrected chi connectivity index (χ3v) is 5.82. The monoisotopic (exact) mass is 297 g/mol. The van der Waals surface area contributed by atoms with Crippen LogP contribution in [-0.4, -0.2) is 42.8 Å². The van der Waals surface area contributed by atoms with Gasteiger partial charge < -0.3 is 5.11 Å². The highest BCUT2D eigenvalue weighted by molar-refractivity contribution is 7.89. The number of hydrogen-bond acceptors (Lipinski definition) is 3. The van der Waals surface area contributed by atoms with Crippen LogP contribution in [0.1, 0.15) is 31.2 Å². The van der Waals surface area contributed by atoms with Crippen LogP contribution in [0.25, 0.3) is 0 Å². The van der Waals surface area contributed by atoms with E-state index in [0.29, 0.717) is 6.42 Å². The molecule has 0 unspecified atom stereocenters. The van der Waals surface area contributed by atoms with Gasteiger partial charge in [0.2, 0.25) is 10.0 Å². The van der Waals surface area contributed by atoms with Crippen molar-refractivity contribution in [2.24, 2.45) is 0 Å². The van der Waals surface area contributed by atoms with E-state index in [1.807, 2.05) is 30.3 Å². The van der Waals surface area contributed by atoms with Crippen molar-refractivity contribution in [3.05, 3.63) is 35.9 Å². The minimum atomic E-state index is -3.29. The molecule has 1 aromatic carbocycles. The summed E-state index contributed by atoms with van der Waals surface area (Å²) in [7, 11) is -3.29. The first kappa shape index (κ1) is 15.5. The van der Waals surface area contributed by atoms with Crippen LogP contribution in [0.3, 0.4) is 0 Å². The molecule has 0 bridgehead atoms. The minimum absolute atomic E-state index is 0.0860. The van der Waals surface area contributed by atoms with E-state index in [1.165, 1.54) is 4.31 Å². The number of aliphatic hydroxyl groups is 1. The Labute approximate surface area is 121 Å². The Hall–Kier alpha value is -0.910. The van der Waals surface area contributed by atoms with Crippen LogP contribution >= 0.6 is 0 Å². The molecule has 112 valence electrons. The topological polar surface area (TPSA) is 57.6 Å². The van der Waals surface area contributed by atoms with Crippen LogP contribution in [0.2, 0.25) is 0 Å². The smallest absolute Gasteiger partial charge is 0.214 e. The lowest BCUT2D eigenvalue weighted by molar-refractivity contribution is 0.226. The molecule has 0 amide bonds. The summed E-state index contributed by atoms with van der Waals surface area (Å²) in [5.41, 5.74) is 1.03. The highest BCUT2D eigenvalue weighted by Crippen LogP contribution is 2.25. The summed E-state index contributed by atoms with van der Waals surface area (Å²) in [4.78, 5) is 0. The average Bonchev–Trinajstić information content (AvgIpc) is 2.97. The van der Waals surface area contributed by atoms with Crippen molar-refractivity contribution in [3.8, 4) is 0 Å². The molecule has 1 fully saturated rings. The van der Waals surface area contributed by atoms with Gasteiger partial charge in [-0.1, -0.05) is 43.2 Å². The number of sulfonamides is 1. The SMILES string of the molecule is O=S(=O)(CCc1ccccc1)N(CCO)C1CCCC1. The van der Waals surface area contributed by atoms with Crippen LogP contribution in [0.15, 0.2) is 30.3 Å². The van der Waals surface area contributed by atoms with Crippen LogP contribution < -0.4 is 0 Å². The Morgan fingerprint density at radius 3 is 2.40 bits per heavy atom. The third-order valence-electron chi connectivity index (χ3n) is 3.90. The van der Waals surface area contributed by atoms with Crippen molar-refractivity contribution in [2.75, 3.05) is 18.9 Å². The fourth-order valence-electron chi connectivity index (χ4n) is 2.85. The van der Waals surface area contributed by atoms with Crippen LogP contribution in [0, 0.1) is 0 Å². The summed E-state index contributed by atoms with van der Waals surface area (Å²) in [5.74, 6) is 0.119. The molecule has 0 spiro atoms. The van der Waals surface area contributed by atoms with E-state index in [2.05, 4.69) is 0 Å². The van der Waals surface area contributed by atoms with Crippen molar-refractivity contribution in [3.63, 3.8) is 0 Å². The highest BCUT2D eigenvalue weighted by Gasteiger charge is 2.31. The Bertz CT molecular complexity index is 495. The van der Waals surface area contributed by atoms with Crippen molar-refractivity contribution in [1.29, 1.82) is 0 Å². The number of nitrogens with zero attached hydrogens (tertiary/aromatic N) is 1. The maximum Gasteiger partial charge on any atom is 0.214 e. The molecule has 0 saturated heterocycles. The second kappa shape index (κ2) is 7.20. The lowest BCUT2D eigenvalue weighted by Gasteiger charge is -2.27.